The number of hydrogen-bond acceptors (Lipinski definition) is 3. The van der Waals surface area contributed by atoms with Crippen molar-refractivity contribution in [1.82, 2.24) is 20.7 Å². The molecule has 0 saturated carbocycles. The minimum atomic E-state index is 0.0934. The molecule has 1 unspecified atom stereocenters. The van der Waals surface area contributed by atoms with Crippen LogP contribution < -0.4 is 5.32 Å². The quantitative estimate of drug-likeness (QED) is 0.848. The average Bonchev–Trinajstić information content (AvgIpc) is 2.83. The Morgan fingerprint density at radius 3 is 2.78 bits per heavy atom. The summed E-state index contributed by atoms with van der Waals surface area (Å²) in [6.45, 7) is 4.47. The molecule has 2 rings (SSSR count). The Kier molecular flexibility index (Phi) is 4.10. The van der Waals surface area contributed by atoms with Gasteiger partial charge in [0.25, 0.3) is 0 Å². The summed E-state index contributed by atoms with van der Waals surface area (Å²) in [5, 5.41) is 14.0. The lowest BCUT2D eigenvalue weighted by Crippen LogP contribution is -2.18. The van der Waals surface area contributed by atoms with Gasteiger partial charge < -0.3 is 5.32 Å². The summed E-state index contributed by atoms with van der Waals surface area (Å²) >= 11 is 0. The van der Waals surface area contributed by atoms with Crippen LogP contribution in [0.2, 0.25) is 0 Å². The molecule has 96 valence electrons. The van der Waals surface area contributed by atoms with Crippen molar-refractivity contribution in [2.75, 3.05) is 7.05 Å². The summed E-state index contributed by atoms with van der Waals surface area (Å²) < 4.78 is 0. The van der Waals surface area contributed by atoms with Crippen molar-refractivity contribution in [2.24, 2.45) is 5.92 Å². The number of benzene rings is 1. The van der Waals surface area contributed by atoms with E-state index in [0.717, 1.165) is 12.1 Å². The van der Waals surface area contributed by atoms with Crippen molar-refractivity contribution in [1.29, 1.82) is 0 Å². The SMILES string of the molecule is CNC(c1cccc(CC(C)C)c1)c1cn[nH]n1. The van der Waals surface area contributed by atoms with Crippen LogP contribution in [-0.4, -0.2) is 22.5 Å². The van der Waals surface area contributed by atoms with Gasteiger partial charge in [-0.05, 0) is 30.5 Å². The van der Waals surface area contributed by atoms with E-state index >= 15 is 0 Å². The highest BCUT2D eigenvalue weighted by Crippen LogP contribution is 2.21. The Bertz CT molecular complexity index is 476. The van der Waals surface area contributed by atoms with Crippen LogP contribution in [0.25, 0.3) is 0 Å². The van der Waals surface area contributed by atoms with Gasteiger partial charge in [-0.25, -0.2) is 0 Å². The van der Waals surface area contributed by atoms with Gasteiger partial charge in [-0.3, -0.25) is 0 Å². The summed E-state index contributed by atoms with van der Waals surface area (Å²) in [6.07, 6.45) is 2.86. The van der Waals surface area contributed by atoms with Gasteiger partial charge in [0.15, 0.2) is 0 Å². The fourth-order valence-corrected chi connectivity index (χ4v) is 2.21. The molecule has 4 nitrogen and oxygen atoms in total. The first kappa shape index (κ1) is 12.8. The smallest absolute Gasteiger partial charge is 0.104 e. The third kappa shape index (κ3) is 2.96. The van der Waals surface area contributed by atoms with E-state index < -0.39 is 0 Å². The first-order valence-corrected chi connectivity index (χ1v) is 6.32. The van der Waals surface area contributed by atoms with Gasteiger partial charge in [0, 0.05) is 0 Å². The second kappa shape index (κ2) is 5.78. The maximum absolute atomic E-state index is 4.16. The van der Waals surface area contributed by atoms with E-state index in [2.05, 4.69) is 58.8 Å². The Hall–Kier alpha value is -1.68. The number of hydrogen-bond donors (Lipinski definition) is 2. The molecule has 1 heterocycles. The van der Waals surface area contributed by atoms with E-state index in [-0.39, 0.29) is 6.04 Å². The zero-order valence-corrected chi connectivity index (χ0v) is 11.1. The van der Waals surface area contributed by atoms with Crippen molar-refractivity contribution in [3.8, 4) is 0 Å². The number of aromatic amines is 1. The highest BCUT2D eigenvalue weighted by molar-refractivity contribution is 5.30. The lowest BCUT2D eigenvalue weighted by molar-refractivity contribution is 0.640. The largest absolute Gasteiger partial charge is 0.308 e. The second-order valence-corrected chi connectivity index (χ2v) is 4.96. The zero-order valence-electron chi connectivity index (χ0n) is 11.1. The molecule has 18 heavy (non-hydrogen) atoms. The van der Waals surface area contributed by atoms with Gasteiger partial charge in [-0.1, -0.05) is 38.1 Å². The van der Waals surface area contributed by atoms with E-state index in [0.29, 0.717) is 5.92 Å². The summed E-state index contributed by atoms with van der Waals surface area (Å²) in [4.78, 5) is 0. The molecule has 0 amide bonds. The fourth-order valence-electron chi connectivity index (χ4n) is 2.21. The lowest BCUT2D eigenvalue weighted by Gasteiger charge is -2.15. The van der Waals surface area contributed by atoms with E-state index in [1.807, 2.05) is 7.05 Å². The minimum Gasteiger partial charge on any atom is -0.308 e. The Morgan fingerprint density at radius 2 is 2.17 bits per heavy atom. The first-order valence-electron chi connectivity index (χ1n) is 6.32. The standard InChI is InChI=1S/C14H20N4/c1-10(2)7-11-5-4-6-12(8-11)14(15-3)13-9-16-18-17-13/h4-6,8-10,14-15H,7H2,1-3H3,(H,16,17,18). The Balaban J connectivity index is 2.26. The predicted molar refractivity (Wildman–Crippen MR) is 72.3 cm³/mol. The topological polar surface area (TPSA) is 53.6 Å². The summed E-state index contributed by atoms with van der Waals surface area (Å²) in [5.41, 5.74) is 3.51. The number of nitrogens with zero attached hydrogens (tertiary/aromatic N) is 2. The molecule has 0 aliphatic heterocycles. The number of H-pyrrole nitrogens is 1. The molecule has 0 bridgehead atoms. The Labute approximate surface area is 108 Å². The maximum Gasteiger partial charge on any atom is 0.104 e. The van der Waals surface area contributed by atoms with Crippen LogP contribution in [0.15, 0.2) is 30.5 Å². The molecule has 1 aromatic heterocycles. The summed E-state index contributed by atoms with van der Waals surface area (Å²) in [7, 11) is 1.94. The molecule has 0 saturated heterocycles. The lowest BCUT2D eigenvalue weighted by atomic mass is 9.97. The molecule has 2 aromatic rings. The van der Waals surface area contributed by atoms with Crippen molar-refractivity contribution >= 4 is 0 Å². The van der Waals surface area contributed by atoms with Crippen molar-refractivity contribution in [2.45, 2.75) is 26.3 Å². The highest BCUT2D eigenvalue weighted by Gasteiger charge is 2.14. The molecule has 1 aromatic carbocycles. The van der Waals surface area contributed by atoms with Crippen molar-refractivity contribution in [3.63, 3.8) is 0 Å². The number of aromatic nitrogens is 3. The van der Waals surface area contributed by atoms with Gasteiger partial charge in [-0.15, -0.1) is 0 Å². The molecule has 2 N–H and O–H groups in total. The van der Waals surface area contributed by atoms with Crippen LogP contribution in [0, 0.1) is 5.92 Å². The zero-order chi connectivity index (χ0) is 13.0. The van der Waals surface area contributed by atoms with Crippen LogP contribution in [0.5, 0.6) is 0 Å². The van der Waals surface area contributed by atoms with Gasteiger partial charge in [0.1, 0.15) is 5.69 Å². The van der Waals surface area contributed by atoms with Crippen LogP contribution in [-0.2, 0) is 6.42 Å². The van der Waals surface area contributed by atoms with Crippen LogP contribution in [0.4, 0.5) is 0 Å². The van der Waals surface area contributed by atoms with E-state index in [1.165, 1.54) is 11.1 Å². The van der Waals surface area contributed by atoms with E-state index in [1.54, 1.807) is 6.20 Å². The highest BCUT2D eigenvalue weighted by atomic mass is 15.3. The molecule has 0 spiro atoms. The number of nitrogens with one attached hydrogen (secondary N) is 2. The van der Waals surface area contributed by atoms with E-state index in [4.69, 9.17) is 0 Å². The van der Waals surface area contributed by atoms with Crippen LogP contribution in [0.3, 0.4) is 0 Å². The molecule has 0 aliphatic rings. The van der Waals surface area contributed by atoms with Crippen LogP contribution >= 0.6 is 0 Å². The minimum absolute atomic E-state index is 0.0934. The summed E-state index contributed by atoms with van der Waals surface area (Å²) in [6, 6.07) is 8.75. The number of rotatable bonds is 5. The van der Waals surface area contributed by atoms with Gasteiger partial charge in [-0.2, -0.15) is 15.4 Å². The van der Waals surface area contributed by atoms with Crippen molar-refractivity contribution in [3.05, 3.63) is 47.3 Å². The average molecular weight is 244 g/mol. The molecular formula is C14H20N4. The molecular weight excluding hydrogens is 224 g/mol. The molecule has 0 fully saturated rings. The van der Waals surface area contributed by atoms with Crippen molar-refractivity contribution < 1.29 is 0 Å². The molecule has 0 radical (unpaired) electrons. The predicted octanol–water partition coefficient (Wildman–Crippen LogP) is 2.31. The van der Waals surface area contributed by atoms with Gasteiger partial charge in [0.05, 0.1) is 12.2 Å². The molecule has 0 aliphatic carbocycles. The molecule has 1 atom stereocenters. The summed E-state index contributed by atoms with van der Waals surface area (Å²) in [5.74, 6) is 0.667. The molecule has 4 heteroatoms. The van der Waals surface area contributed by atoms with Gasteiger partial charge >= 0.3 is 0 Å². The third-order valence-electron chi connectivity index (χ3n) is 2.95. The van der Waals surface area contributed by atoms with E-state index in [9.17, 15) is 0 Å². The van der Waals surface area contributed by atoms with Crippen LogP contribution in [0.1, 0.15) is 36.7 Å². The second-order valence-electron chi connectivity index (χ2n) is 4.96. The Morgan fingerprint density at radius 1 is 1.33 bits per heavy atom. The fraction of sp³-hybridized carbons (Fsp3) is 0.429. The first-order chi connectivity index (χ1) is 8.70. The monoisotopic (exact) mass is 244 g/mol. The maximum atomic E-state index is 4.16. The van der Waals surface area contributed by atoms with Gasteiger partial charge in [0.2, 0.25) is 0 Å². The third-order valence-corrected chi connectivity index (χ3v) is 2.95. The normalized spacial score (nSPS) is 12.9.